The average molecular weight is 286 g/mol. The molecule has 20 heavy (non-hydrogen) atoms. The zero-order valence-corrected chi connectivity index (χ0v) is 10.2. The van der Waals surface area contributed by atoms with Gasteiger partial charge in [-0.05, 0) is 12.1 Å². The number of aromatic hydroxyl groups is 1. The van der Waals surface area contributed by atoms with E-state index in [1.807, 2.05) is 0 Å². The number of carbonyl (C=O) groups excluding carboxylic acids is 1. The Bertz CT molecular complexity index is 650. The molecule has 1 aromatic carbocycles. The minimum atomic E-state index is -4.87. The fourth-order valence-electron chi connectivity index (χ4n) is 1.71. The van der Waals surface area contributed by atoms with E-state index in [2.05, 4.69) is 9.84 Å². The fourth-order valence-corrected chi connectivity index (χ4v) is 1.71. The largest absolute Gasteiger partial charge is 0.573 e. The number of para-hydroxylation sites is 1. The molecule has 0 aliphatic carbocycles. The topological polar surface area (TPSA) is 64.4 Å². The van der Waals surface area contributed by atoms with Crippen molar-refractivity contribution in [2.75, 3.05) is 0 Å². The lowest BCUT2D eigenvalue weighted by Gasteiger charge is -2.12. The molecule has 106 valence electrons. The predicted octanol–water partition coefficient (Wildman–Crippen LogP) is 2.50. The molecule has 0 radical (unpaired) electrons. The first-order chi connectivity index (χ1) is 9.33. The van der Waals surface area contributed by atoms with Gasteiger partial charge >= 0.3 is 6.36 Å². The highest BCUT2D eigenvalue weighted by Crippen LogP contribution is 2.36. The quantitative estimate of drug-likeness (QED) is 0.880. The number of alkyl halides is 3. The minimum Gasteiger partial charge on any atom is -0.493 e. The number of benzene rings is 1. The van der Waals surface area contributed by atoms with Crippen molar-refractivity contribution >= 4 is 6.29 Å². The number of aryl methyl sites for hydroxylation is 1. The van der Waals surface area contributed by atoms with Crippen LogP contribution >= 0.6 is 0 Å². The maximum atomic E-state index is 12.3. The number of hydrogen-bond acceptors (Lipinski definition) is 4. The van der Waals surface area contributed by atoms with Crippen molar-refractivity contribution in [1.29, 1.82) is 0 Å². The summed E-state index contributed by atoms with van der Waals surface area (Å²) in [6, 6.07) is 5.24. The van der Waals surface area contributed by atoms with Gasteiger partial charge in [-0.2, -0.15) is 5.10 Å². The summed E-state index contributed by atoms with van der Waals surface area (Å²) in [4.78, 5) is 11.0. The van der Waals surface area contributed by atoms with Gasteiger partial charge in [-0.3, -0.25) is 4.79 Å². The van der Waals surface area contributed by atoms with Crippen LogP contribution in [0.1, 0.15) is 10.4 Å². The summed E-state index contributed by atoms with van der Waals surface area (Å²) in [7, 11) is 1.36. The molecule has 0 atom stereocenters. The number of nitrogens with zero attached hydrogens (tertiary/aromatic N) is 2. The van der Waals surface area contributed by atoms with Crippen molar-refractivity contribution in [2.24, 2.45) is 7.05 Å². The van der Waals surface area contributed by atoms with E-state index < -0.39 is 18.0 Å². The summed E-state index contributed by atoms with van der Waals surface area (Å²) < 4.78 is 41.9. The van der Waals surface area contributed by atoms with Crippen LogP contribution in [-0.2, 0) is 7.05 Å². The average Bonchev–Trinajstić information content (AvgIpc) is 2.64. The van der Waals surface area contributed by atoms with Gasteiger partial charge in [0.25, 0.3) is 0 Å². The summed E-state index contributed by atoms with van der Waals surface area (Å²) in [6.45, 7) is 0. The van der Waals surface area contributed by atoms with Gasteiger partial charge in [0.05, 0.1) is 0 Å². The van der Waals surface area contributed by atoms with Crippen molar-refractivity contribution in [3.63, 3.8) is 0 Å². The molecule has 5 nitrogen and oxygen atoms in total. The Morgan fingerprint density at radius 3 is 2.60 bits per heavy atom. The molecule has 0 saturated heterocycles. The molecular formula is C12H9F3N2O3. The lowest BCUT2D eigenvalue weighted by atomic mass is 10.1. The number of rotatable bonds is 3. The van der Waals surface area contributed by atoms with Gasteiger partial charge in [-0.15, -0.1) is 13.2 Å². The van der Waals surface area contributed by atoms with Gasteiger partial charge in [0.2, 0.25) is 5.88 Å². The number of halogens is 3. The van der Waals surface area contributed by atoms with Gasteiger partial charge in [0, 0.05) is 12.6 Å². The van der Waals surface area contributed by atoms with Crippen molar-refractivity contribution in [3.8, 4) is 22.9 Å². The molecule has 0 bridgehead atoms. The normalized spacial score (nSPS) is 11.4. The van der Waals surface area contributed by atoms with Crippen LogP contribution in [0.15, 0.2) is 24.3 Å². The van der Waals surface area contributed by atoms with Crippen LogP contribution in [0.5, 0.6) is 11.6 Å². The Balaban J connectivity index is 2.59. The van der Waals surface area contributed by atoms with Crippen LogP contribution in [-0.4, -0.2) is 27.5 Å². The van der Waals surface area contributed by atoms with Crippen LogP contribution in [0.2, 0.25) is 0 Å². The van der Waals surface area contributed by atoms with Gasteiger partial charge in [0.15, 0.2) is 6.29 Å². The van der Waals surface area contributed by atoms with E-state index in [0.29, 0.717) is 6.29 Å². The number of carbonyl (C=O) groups is 1. The fraction of sp³-hybridized carbons (Fsp3) is 0.167. The summed E-state index contributed by atoms with van der Waals surface area (Å²) in [5.41, 5.74) is -0.326. The second-order valence-electron chi connectivity index (χ2n) is 3.87. The summed E-state index contributed by atoms with van der Waals surface area (Å²) >= 11 is 0. The zero-order valence-electron chi connectivity index (χ0n) is 10.2. The number of aromatic nitrogens is 2. The molecule has 2 aromatic rings. The zero-order chi connectivity index (χ0) is 14.9. The van der Waals surface area contributed by atoms with Crippen LogP contribution < -0.4 is 4.74 Å². The van der Waals surface area contributed by atoms with Crippen LogP contribution in [0.4, 0.5) is 13.2 Å². The number of ether oxygens (including phenoxy) is 1. The maximum Gasteiger partial charge on any atom is 0.573 e. The van der Waals surface area contributed by atoms with Crippen LogP contribution in [0.25, 0.3) is 11.3 Å². The number of hydrogen-bond donors (Lipinski definition) is 1. The second kappa shape index (κ2) is 4.87. The lowest BCUT2D eigenvalue weighted by molar-refractivity contribution is -0.274. The number of aldehydes is 1. The molecule has 1 aromatic heterocycles. The summed E-state index contributed by atoms with van der Waals surface area (Å²) in [6.07, 6.45) is -4.55. The molecule has 8 heteroatoms. The Labute approximate surface area is 111 Å². The SMILES string of the molecule is Cn1nc(-c2ccccc2OC(F)(F)F)c(C=O)c1O. The molecular weight excluding hydrogens is 277 g/mol. The predicted molar refractivity (Wildman–Crippen MR) is 62.4 cm³/mol. The van der Waals surface area contributed by atoms with E-state index in [9.17, 15) is 23.1 Å². The molecule has 0 fully saturated rings. The molecule has 0 amide bonds. The summed E-state index contributed by atoms with van der Waals surface area (Å²) in [5, 5.41) is 13.4. The third-order valence-electron chi connectivity index (χ3n) is 2.54. The standard InChI is InChI=1S/C12H9F3N2O3/c1-17-11(19)8(6-18)10(16-17)7-4-2-3-5-9(7)20-12(13,14)15/h2-6,19H,1H3. The third-order valence-corrected chi connectivity index (χ3v) is 2.54. The molecule has 2 rings (SSSR count). The molecule has 0 spiro atoms. The highest BCUT2D eigenvalue weighted by Gasteiger charge is 2.33. The Morgan fingerprint density at radius 1 is 1.35 bits per heavy atom. The van der Waals surface area contributed by atoms with Crippen molar-refractivity contribution in [2.45, 2.75) is 6.36 Å². The van der Waals surface area contributed by atoms with E-state index in [-0.39, 0.29) is 16.8 Å². The first-order valence-electron chi connectivity index (χ1n) is 5.39. The Hall–Kier alpha value is -2.51. The van der Waals surface area contributed by atoms with E-state index in [4.69, 9.17) is 0 Å². The first-order valence-corrected chi connectivity index (χ1v) is 5.39. The molecule has 0 saturated carbocycles. The van der Waals surface area contributed by atoms with Gasteiger partial charge in [-0.25, -0.2) is 4.68 Å². The van der Waals surface area contributed by atoms with Crippen LogP contribution in [0.3, 0.4) is 0 Å². The van der Waals surface area contributed by atoms with E-state index >= 15 is 0 Å². The van der Waals surface area contributed by atoms with E-state index in [0.717, 1.165) is 10.7 Å². The molecule has 1 heterocycles. The Morgan fingerprint density at radius 2 is 2.00 bits per heavy atom. The van der Waals surface area contributed by atoms with Crippen LogP contribution in [0, 0.1) is 0 Å². The highest BCUT2D eigenvalue weighted by atomic mass is 19.4. The molecule has 0 aliphatic heterocycles. The van der Waals surface area contributed by atoms with Gasteiger partial charge in [0.1, 0.15) is 17.0 Å². The van der Waals surface area contributed by atoms with Gasteiger partial charge in [-0.1, -0.05) is 12.1 Å². The van der Waals surface area contributed by atoms with E-state index in [1.54, 1.807) is 0 Å². The first kappa shape index (κ1) is 13.9. The van der Waals surface area contributed by atoms with Crippen molar-refractivity contribution < 1.29 is 27.8 Å². The molecule has 0 aliphatic rings. The third kappa shape index (κ3) is 2.58. The lowest BCUT2D eigenvalue weighted by Crippen LogP contribution is -2.17. The smallest absolute Gasteiger partial charge is 0.493 e. The maximum absolute atomic E-state index is 12.3. The molecule has 0 unspecified atom stereocenters. The Kier molecular flexibility index (Phi) is 3.39. The highest BCUT2D eigenvalue weighted by molar-refractivity contribution is 5.90. The van der Waals surface area contributed by atoms with Gasteiger partial charge < -0.3 is 9.84 Å². The van der Waals surface area contributed by atoms with Crippen molar-refractivity contribution in [3.05, 3.63) is 29.8 Å². The summed E-state index contributed by atoms with van der Waals surface area (Å²) in [5.74, 6) is -0.932. The van der Waals surface area contributed by atoms with E-state index in [1.165, 1.54) is 25.2 Å². The molecule has 1 N–H and O–H groups in total. The second-order valence-corrected chi connectivity index (χ2v) is 3.87. The minimum absolute atomic E-state index is 0.0391. The van der Waals surface area contributed by atoms with Crippen molar-refractivity contribution in [1.82, 2.24) is 9.78 Å². The monoisotopic (exact) mass is 286 g/mol.